The number of imidazole rings is 1. The molecule has 0 saturated carbocycles. The van der Waals surface area contributed by atoms with Gasteiger partial charge in [-0.05, 0) is 35.9 Å². The molecule has 27 heavy (non-hydrogen) atoms. The maximum atomic E-state index is 13.2. The van der Waals surface area contributed by atoms with Crippen molar-refractivity contribution in [3.8, 4) is 0 Å². The lowest BCUT2D eigenvalue weighted by atomic mass is 10.2. The Kier molecular flexibility index (Phi) is 5.21. The van der Waals surface area contributed by atoms with E-state index in [1.54, 1.807) is 32.0 Å². The van der Waals surface area contributed by atoms with Crippen molar-refractivity contribution in [1.82, 2.24) is 14.9 Å². The Morgan fingerprint density at radius 1 is 1.19 bits per heavy atom. The lowest BCUT2D eigenvalue weighted by Gasteiger charge is -2.11. The first-order valence-electron chi connectivity index (χ1n) is 8.59. The van der Waals surface area contributed by atoms with E-state index in [1.807, 2.05) is 4.57 Å². The number of carbonyl (C=O) groups is 2. The number of halogens is 1. The van der Waals surface area contributed by atoms with Crippen LogP contribution in [-0.2, 0) is 17.9 Å². The Balaban J connectivity index is 2.00. The summed E-state index contributed by atoms with van der Waals surface area (Å²) < 4.78 is 15.1. The van der Waals surface area contributed by atoms with E-state index < -0.39 is 5.97 Å². The van der Waals surface area contributed by atoms with Gasteiger partial charge in [-0.15, -0.1) is 0 Å². The summed E-state index contributed by atoms with van der Waals surface area (Å²) in [6, 6.07) is 10.9. The van der Waals surface area contributed by atoms with Gasteiger partial charge in [-0.2, -0.15) is 0 Å². The van der Waals surface area contributed by atoms with Crippen LogP contribution in [0.25, 0.3) is 11.0 Å². The number of fused-ring (bicyclic) bond motifs is 1. The molecule has 0 aliphatic carbocycles. The molecule has 0 unspecified atom stereocenters. The number of benzene rings is 2. The molecule has 0 fully saturated rings. The quantitative estimate of drug-likeness (QED) is 0.699. The number of carboxylic acids is 1. The van der Waals surface area contributed by atoms with Crippen LogP contribution in [0.5, 0.6) is 0 Å². The third-order valence-electron chi connectivity index (χ3n) is 4.27. The molecule has 0 bridgehead atoms. The maximum Gasteiger partial charge on any atom is 0.335 e. The van der Waals surface area contributed by atoms with Gasteiger partial charge in [0.1, 0.15) is 11.6 Å². The Hall–Kier alpha value is -3.22. The second-order valence-corrected chi connectivity index (χ2v) is 6.62. The minimum absolute atomic E-state index is 0.0957. The number of amides is 1. The van der Waals surface area contributed by atoms with Crippen LogP contribution in [0, 0.1) is 11.7 Å². The molecule has 0 saturated heterocycles. The average molecular weight is 369 g/mol. The molecule has 0 atom stereocenters. The van der Waals surface area contributed by atoms with Gasteiger partial charge in [-0.3, -0.25) is 4.79 Å². The van der Waals surface area contributed by atoms with E-state index >= 15 is 0 Å². The molecular formula is C20H20FN3O3. The number of nitrogens with zero attached hydrogens (tertiary/aromatic N) is 2. The highest BCUT2D eigenvalue weighted by atomic mass is 19.1. The van der Waals surface area contributed by atoms with Crippen molar-refractivity contribution in [2.45, 2.75) is 26.9 Å². The number of hydrogen-bond acceptors (Lipinski definition) is 3. The van der Waals surface area contributed by atoms with E-state index in [4.69, 9.17) is 0 Å². The Labute approximate surface area is 155 Å². The largest absolute Gasteiger partial charge is 0.478 e. The summed E-state index contributed by atoms with van der Waals surface area (Å²) in [5.74, 6) is -0.990. The van der Waals surface area contributed by atoms with Gasteiger partial charge in [0.25, 0.3) is 0 Å². The summed E-state index contributed by atoms with van der Waals surface area (Å²) >= 11 is 0. The molecule has 1 amide bonds. The Morgan fingerprint density at radius 2 is 1.89 bits per heavy atom. The summed E-state index contributed by atoms with van der Waals surface area (Å²) in [7, 11) is 0. The van der Waals surface area contributed by atoms with Crippen LogP contribution >= 0.6 is 0 Å². The third-order valence-corrected chi connectivity index (χ3v) is 4.27. The zero-order valence-electron chi connectivity index (χ0n) is 15.1. The van der Waals surface area contributed by atoms with Crippen molar-refractivity contribution >= 4 is 22.9 Å². The summed E-state index contributed by atoms with van der Waals surface area (Å²) in [6.07, 6.45) is 0. The number of hydrogen-bond donors (Lipinski definition) is 2. The van der Waals surface area contributed by atoms with Crippen molar-refractivity contribution in [3.05, 3.63) is 65.2 Å². The fourth-order valence-electron chi connectivity index (χ4n) is 2.77. The summed E-state index contributed by atoms with van der Waals surface area (Å²) in [6.45, 7) is 4.25. The molecule has 140 valence electrons. The first-order valence-corrected chi connectivity index (χ1v) is 8.59. The zero-order chi connectivity index (χ0) is 19.6. The van der Waals surface area contributed by atoms with Gasteiger partial charge >= 0.3 is 5.97 Å². The molecular weight excluding hydrogens is 349 g/mol. The molecule has 0 aliphatic rings. The molecule has 0 radical (unpaired) electrons. The van der Waals surface area contributed by atoms with Crippen LogP contribution in [0.15, 0.2) is 42.5 Å². The van der Waals surface area contributed by atoms with E-state index in [0.29, 0.717) is 17.9 Å². The highest BCUT2D eigenvalue weighted by molar-refractivity contribution is 5.92. The lowest BCUT2D eigenvalue weighted by Crippen LogP contribution is -2.28. The normalized spacial score (nSPS) is 11.1. The van der Waals surface area contributed by atoms with Crippen molar-refractivity contribution in [2.75, 3.05) is 0 Å². The lowest BCUT2D eigenvalue weighted by molar-refractivity contribution is -0.124. The minimum Gasteiger partial charge on any atom is -0.478 e. The van der Waals surface area contributed by atoms with Crippen LogP contribution < -0.4 is 5.32 Å². The second kappa shape index (κ2) is 7.57. The molecule has 1 aromatic heterocycles. The van der Waals surface area contributed by atoms with Gasteiger partial charge in [-0.25, -0.2) is 14.2 Å². The van der Waals surface area contributed by atoms with Crippen molar-refractivity contribution in [3.63, 3.8) is 0 Å². The highest BCUT2D eigenvalue weighted by Gasteiger charge is 2.15. The van der Waals surface area contributed by atoms with E-state index in [2.05, 4.69) is 10.3 Å². The monoisotopic (exact) mass is 369 g/mol. The van der Waals surface area contributed by atoms with Crippen molar-refractivity contribution in [2.24, 2.45) is 5.92 Å². The summed E-state index contributed by atoms with van der Waals surface area (Å²) in [4.78, 5) is 27.6. The SMILES string of the molecule is CC(C)C(=O)NCc1nc2cc(C(=O)O)ccc2n1Cc1ccc(F)cc1. The molecule has 2 N–H and O–H groups in total. The fraction of sp³-hybridized carbons (Fsp3) is 0.250. The fourth-order valence-corrected chi connectivity index (χ4v) is 2.77. The van der Waals surface area contributed by atoms with Crippen LogP contribution in [0.2, 0.25) is 0 Å². The number of rotatable bonds is 6. The van der Waals surface area contributed by atoms with E-state index in [0.717, 1.165) is 11.1 Å². The first-order chi connectivity index (χ1) is 12.8. The number of carbonyl (C=O) groups excluding carboxylic acids is 1. The molecule has 3 rings (SSSR count). The van der Waals surface area contributed by atoms with Gasteiger partial charge in [0, 0.05) is 12.5 Å². The van der Waals surface area contributed by atoms with Gasteiger partial charge in [0.15, 0.2) is 0 Å². The first kappa shape index (κ1) is 18.6. The third kappa shape index (κ3) is 4.13. The predicted molar refractivity (Wildman–Crippen MR) is 98.9 cm³/mol. The van der Waals surface area contributed by atoms with E-state index in [1.165, 1.54) is 24.3 Å². The summed E-state index contributed by atoms with van der Waals surface area (Å²) in [5.41, 5.74) is 2.30. The minimum atomic E-state index is -1.03. The van der Waals surface area contributed by atoms with Crippen molar-refractivity contribution in [1.29, 1.82) is 0 Å². The molecule has 0 spiro atoms. The van der Waals surface area contributed by atoms with Crippen molar-refractivity contribution < 1.29 is 19.1 Å². The van der Waals surface area contributed by atoms with Crippen LogP contribution in [0.1, 0.15) is 35.6 Å². The van der Waals surface area contributed by atoms with Gasteiger partial charge in [-0.1, -0.05) is 26.0 Å². The summed E-state index contributed by atoms with van der Waals surface area (Å²) in [5, 5.41) is 12.0. The molecule has 2 aromatic carbocycles. The molecule has 7 heteroatoms. The number of nitrogens with one attached hydrogen (secondary N) is 1. The van der Waals surface area contributed by atoms with Gasteiger partial charge in [0.2, 0.25) is 5.91 Å². The number of aromatic carboxylic acids is 1. The van der Waals surface area contributed by atoms with Crippen LogP contribution in [0.3, 0.4) is 0 Å². The van der Waals surface area contributed by atoms with E-state index in [9.17, 15) is 19.1 Å². The van der Waals surface area contributed by atoms with Gasteiger partial charge < -0.3 is 15.0 Å². The average Bonchev–Trinajstić information content (AvgIpc) is 2.98. The highest BCUT2D eigenvalue weighted by Crippen LogP contribution is 2.20. The smallest absolute Gasteiger partial charge is 0.335 e. The standard InChI is InChI=1S/C20H20FN3O3/c1-12(2)19(25)22-10-18-23-16-9-14(20(26)27)5-8-17(16)24(18)11-13-3-6-15(21)7-4-13/h3-9,12H,10-11H2,1-2H3,(H,22,25)(H,26,27). The number of carboxylic acid groups (broad SMARTS) is 1. The molecule has 3 aromatic rings. The predicted octanol–water partition coefficient (Wildman–Crippen LogP) is 3.19. The second-order valence-electron chi connectivity index (χ2n) is 6.62. The zero-order valence-corrected chi connectivity index (χ0v) is 15.1. The molecule has 6 nitrogen and oxygen atoms in total. The Morgan fingerprint density at radius 3 is 2.52 bits per heavy atom. The Bertz CT molecular complexity index is 994. The van der Waals surface area contributed by atoms with Crippen LogP contribution in [-0.4, -0.2) is 26.5 Å². The topological polar surface area (TPSA) is 84.2 Å². The molecule has 1 heterocycles. The number of aromatic nitrogens is 2. The molecule has 0 aliphatic heterocycles. The van der Waals surface area contributed by atoms with E-state index in [-0.39, 0.29) is 29.8 Å². The van der Waals surface area contributed by atoms with Crippen LogP contribution in [0.4, 0.5) is 4.39 Å². The maximum absolute atomic E-state index is 13.2. The van der Waals surface area contributed by atoms with Gasteiger partial charge in [0.05, 0.1) is 23.1 Å².